The Morgan fingerprint density at radius 3 is 2.45 bits per heavy atom. The number of pyridine rings is 2. The molecular weight excluding hydrogens is 386 g/mol. The molecule has 7 heteroatoms. The van der Waals surface area contributed by atoms with Crippen molar-refractivity contribution >= 4 is 16.7 Å². The summed E-state index contributed by atoms with van der Waals surface area (Å²) in [6.07, 6.45) is 11.0. The summed E-state index contributed by atoms with van der Waals surface area (Å²) in [6.45, 7) is 3.32. The summed E-state index contributed by atoms with van der Waals surface area (Å²) in [6, 6.07) is 6.34. The van der Waals surface area contributed by atoms with Crippen LogP contribution < -0.4 is 5.32 Å². The Hall–Kier alpha value is -3.11. The molecule has 31 heavy (non-hydrogen) atoms. The van der Waals surface area contributed by atoms with Crippen LogP contribution in [-0.2, 0) is 6.42 Å². The number of aromatic nitrogens is 4. The molecule has 0 radical (unpaired) electrons. The third kappa shape index (κ3) is 4.80. The van der Waals surface area contributed by atoms with Crippen molar-refractivity contribution in [2.75, 3.05) is 26.0 Å². The minimum absolute atomic E-state index is 0.159. The molecule has 160 valence electrons. The zero-order chi connectivity index (χ0) is 21.8. The van der Waals surface area contributed by atoms with E-state index in [4.69, 9.17) is 10.2 Å². The Morgan fingerprint density at radius 1 is 1.06 bits per heavy atom. The Bertz CT molecular complexity index is 1080. The minimum Gasteiger partial charge on any atom is -0.380 e. The van der Waals surface area contributed by atoms with Gasteiger partial charge in [0.1, 0.15) is 11.6 Å². The maximum atomic E-state index is 8.94. The number of anilines is 1. The van der Waals surface area contributed by atoms with E-state index in [1.54, 1.807) is 12.4 Å². The number of nitriles is 1. The van der Waals surface area contributed by atoms with Crippen LogP contribution in [0.2, 0.25) is 0 Å². The van der Waals surface area contributed by atoms with Gasteiger partial charge in [-0.05, 0) is 69.8 Å². The highest BCUT2D eigenvalue weighted by molar-refractivity contribution is 5.91. The number of aryl methyl sites for hydroxylation is 1. The number of fused-ring (bicyclic) bond motifs is 1. The van der Waals surface area contributed by atoms with Gasteiger partial charge in [-0.3, -0.25) is 4.98 Å². The molecule has 7 nitrogen and oxygen atoms in total. The maximum absolute atomic E-state index is 8.94. The van der Waals surface area contributed by atoms with Crippen molar-refractivity contribution in [3.63, 3.8) is 0 Å². The SMILES string of the molecule is CCc1cnc2ccc(-c3cnc(C#N)nc3)nc2c1NC1CCC(CN(C)C)CC1. The lowest BCUT2D eigenvalue weighted by Crippen LogP contribution is -2.31. The Balaban J connectivity index is 1.63. The summed E-state index contributed by atoms with van der Waals surface area (Å²) in [5, 5.41) is 12.8. The number of nitrogens with one attached hydrogen (secondary N) is 1. The van der Waals surface area contributed by atoms with Gasteiger partial charge in [0.15, 0.2) is 0 Å². The lowest BCUT2D eigenvalue weighted by Gasteiger charge is -2.32. The van der Waals surface area contributed by atoms with Crippen LogP contribution in [0.5, 0.6) is 0 Å². The van der Waals surface area contributed by atoms with Gasteiger partial charge in [0.25, 0.3) is 0 Å². The maximum Gasteiger partial charge on any atom is 0.232 e. The van der Waals surface area contributed by atoms with Crippen LogP contribution in [-0.4, -0.2) is 51.5 Å². The Labute approximate surface area is 183 Å². The first-order valence-electron chi connectivity index (χ1n) is 11.0. The number of hydrogen-bond acceptors (Lipinski definition) is 7. The van der Waals surface area contributed by atoms with E-state index >= 15 is 0 Å². The quantitative estimate of drug-likeness (QED) is 0.649. The average Bonchev–Trinajstić information content (AvgIpc) is 2.80. The molecule has 3 aromatic heterocycles. The zero-order valence-corrected chi connectivity index (χ0v) is 18.5. The van der Waals surface area contributed by atoms with Gasteiger partial charge < -0.3 is 10.2 Å². The normalized spacial score (nSPS) is 18.8. The van der Waals surface area contributed by atoms with Crippen LogP contribution in [0.1, 0.15) is 44.0 Å². The highest BCUT2D eigenvalue weighted by atomic mass is 15.1. The van der Waals surface area contributed by atoms with E-state index in [1.807, 2.05) is 24.4 Å². The smallest absolute Gasteiger partial charge is 0.232 e. The molecule has 4 rings (SSSR count). The number of rotatable bonds is 6. The fourth-order valence-electron chi connectivity index (χ4n) is 4.42. The summed E-state index contributed by atoms with van der Waals surface area (Å²) in [5.41, 5.74) is 5.61. The van der Waals surface area contributed by atoms with Crippen molar-refractivity contribution in [1.82, 2.24) is 24.8 Å². The second kappa shape index (κ2) is 9.36. The van der Waals surface area contributed by atoms with Crippen molar-refractivity contribution in [1.29, 1.82) is 5.26 Å². The van der Waals surface area contributed by atoms with Crippen LogP contribution in [0.25, 0.3) is 22.3 Å². The molecule has 1 aliphatic rings. The molecule has 1 aliphatic carbocycles. The fourth-order valence-corrected chi connectivity index (χ4v) is 4.42. The molecule has 0 unspecified atom stereocenters. The van der Waals surface area contributed by atoms with Gasteiger partial charge in [0.05, 0.1) is 16.9 Å². The number of hydrogen-bond donors (Lipinski definition) is 1. The Morgan fingerprint density at radius 2 is 1.81 bits per heavy atom. The van der Waals surface area contributed by atoms with E-state index in [2.05, 4.69) is 46.2 Å². The standard InChI is InChI=1S/C24H29N7/c1-4-17-12-26-21-10-9-20(18-13-27-22(11-25)28-14-18)30-24(21)23(17)29-19-7-5-16(6-8-19)15-31(2)3/h9-10,12-14,16,19H,4-8,15H2,1-3H3,(H,26,29). The monoisotopic (exact) mass is 415 g/mol. The average molecular weight is 416 g/mol. The predicted molar refractivity (Wildman–Crippen MR) is 123 cm³/mol. The molecule has 0 atom stereocenters. The van der Waals surface area contributed by atoms with Gasteiger partial charge in [-0.2, -0.15) is 5.26 Å². The summed E-state index contributed by atoms with van der Waals surface area (Å²) in [5.74, 6) is 0.945. The van der Waals surface area contributed by atoms with E-state index in [1.165, 1.54) is 37.8 Å². The molecule has 0 amide bonds. The van der Waals surface area contributed by atoms with Crippen LogP contribution >= 0.6 is 0 Å². The number of nitrogens with zero attached hydrogens (tertiary/aromatic N) is 6. The third-order valence-electron chi connectivity index (χ3n) is 6.04. The lowest BCUT2D eigenvalue weighted by atomic mass is 9.85. The van der Waals surface area contributed by atoms with Crippen molar-refractivity contribution in [3.8, 4) is 17.3 Å². The highest BCUT2D eigenvalue weighted by Gasteiger charge is 2.23. The van der Waals surface area contributed by atoms with E-state index < -0.39 is 0 Å². The first kappa shape index (κ1) is 21.1. The fraction of sp³-hybridized carbons (Fsp3) is 0.458. The minimum atomic E-state index is 0.159. The Kier molecular flexibility index (Phi) is 6.38. The molecule has 0 bridgehead atoms. The van der Waals surface area contributed by atoms with Crippen LogP contribution in [0.3, 0.4) is 0 Å². The molecule has 1 N–H and O–H groups in total. The summed E-state index contributed by atoms with van der Waals surface area (Å²) in [4.78, 5) is 20.0. The van der Waals surface area contributed by atoms with Gasteiger partial charge in [-0.15, -0.1) is 0 Å². The molecule has 0 aromatic carbocycles. The first-order valence-corrected chi connectivity index (χ1v) is 11.0. The van der Waals surface area contributed by atoms with Gasteiger partial charge in [-0.25, -0.2) is 15.0 Å². The highest BCUT2D eigenvalue weighted by Crippen LogP contribution is 2.32. The second-order valence-corrected chi connectivity index (χ2v) is 8.61. The molecule has 0 aliphatic heterocycles. The van der Waals surface area contributed by atoms with E-state index in [-0.39, 0.29) is 5.82 Å². The first-order chi connectivity index (χ1) is 15.1. The van der Waals surface area contributed by atoms with Crippen LogP contribution in [0, 0.1) is 17.2 Å². The summed E-state index contributed by atoms with van der Waals surface area (Å²) < 4.78 is 0. The van der Waals surface area contributed by atoms with Gasteiger partial charge in [0.2, 0.25) is 5.82 Å². The largest absolute Gasteiger partial charge is 0.380 e. The van der Waals surface area contributed by atoms with Crippen LogP contribution in [0.4, 0.5) is 5.69 Å². The van der Waals surface area contributed by atoms with E-state index in [0.717, 1.165) is 40.3 Å². The summed E-state index contributed by atoms with van der Waals surface area (Å²) >= 11 is 0. The van der Waals surface area contributed by atoms with Gasteiger partial charge >= 0.3 is 0 Å². The van der Waals surface area contributed by atoms with E-state index in [0.29, 0.717) is 6.04 Å². The molecule has 1 saturated carbocycles. The van der Waals surface area contributed by atoms with Crippen molar-refractivity contribution in [2.24, 2.45) is 5.92 Å². The third-order valence-corrected chi connectivity index (χ3v) is 6.04. The molecule has 0 spiro atoms. The molecule has 3 heterocycles. The van der Waals surface area contributed by atoms with Crippen molar-refractivity contribution < 1.29 is 0 Å². The molecule has 0 saturated heterocycles. The molecule has 1 fully saturated rings. The topological polar surface area (TPSA) is 90.6 Å². The van der Waals surface area contributed by atoms with E-state index in [9.17, 15) is 0 Å². The van der Waals surface area contributed by atoms with Gasteiger partial charge in [-0.1, -0.05) is 6.92 Å². The molecule has 3 aromatic rings. The van der Waals surface area contributed by atoms with Crippen molar-refractivity contribution in [2.45, 2.75) is 45.1 Å². The predicted octanol–water partition coefficient (Wildman–Crippen LogP) is 4.05. The summed E-state index contributed by atoms with van der Waals surface area (Å²) in [7, 11) is 4.31. The zero-order valence-electron chi connectivity index (χ0n) is 18.5. The second-order valence-electron chi connectivity index (χ2n) is 8.61. The van der Waals surface area contributed by atoms with Crippen molar-refractivity contribution in [3.05, 3.63) is 42.1 Å². The van der Waals surface area contributed by atoms with Crippen LogP contribution in [0.15, 0.2) is 30.7 Å². The van der Waals surface area contributed by atoms with Gasteiger partial charge in [0, 0.05) is 36.7 Å². The molecular formula is C24H29N7. The lowest BCUT2D eigenvalue weighted by molar-refractivity contribution is 0.255.